The van der Waals surface area contributed by atoms with Gasteiger partial charge in [0.2, 0.25) is 5.91 Å². The highest BCUT2D eigenvalue weighted by Gasteiger charge is 2.44. The molecule has 3 atom stereocenters. The van der Waals surface area contributed by atoms with Gasteiger partial charge < -0.3 is 15.0 Å². The molecule has 4 rings (SSSR count). The molecule has 1 aromatic heterocycles. The van der Waals surface area contributed by atoms with E-state index in [1.54, 1.807) is 6.20 Å². The van der Waals surface area contributed by atoms with Crippen LogP contribution in [0, 0.1) is 17.8 Å². The molecule has 0 radical (unpaired) electrons. The van der Waals surface area contributed by atoms with E-state index >= 15 is 0 Å². The number of aromatic nitrogens is 2. The van der Waals surface area contributed by atoms with Gasteiger partial charge in [0, 0.05) is 31.4 Å². The van der Waals surface area contributed by atoms with Gasteiger partial charge in [0.05, 0.1) is 12.3 Å². The molecular formula is C18H24N4O3. The maximum atomic E-state index is 12.5. The summed E-state index contributed by atoms with van der Waals surface area (Å²) in [6.07, 6.45) is 7.73. The Morgan fingerprint density at radius 1 is 1.28 bits per heavy atom. The van der Waals surface area contributed by atoms with Crippen LogP contribution in [0.15, 0.2) is 18.6 Å². The molecule has 1 aromatic rings. The van der Waals surface area contributed by atoms with Crippen LogP contribution in [0.5, 0.6) is 0 Å². The minimum absolute atomic E-state index is 0.0344. The molecule has 2 amide bonds. The van der Waals surface area contributed by atoms with Crippen LogP contribution in [-0.4, -0.2) is 52.0 Å². The summed E-state index contributed by atoms with van der Waals surface area (Å²) in [7, 11) is 0. The molecule has 2 saturated heterocycles. The fourth-order valence-corrected chi connectivity index (χ4v) is 4.23. The van der Waals surface area contributed by atoms with Crippen LogP contribution in [-0.2, 0) is 14.3 Å². The lowest BCUT2D eigenvalue weighted by Crippen LogP contribution is -2.49. The number of carbonyl (C=O) groups is 2. The Labute approximate surface area is 147 Å². The van der Waals surface area contributed by atoms with Crippen LogP contribution in [0.1, 0.15) is 32.6 Å². The number of likely N-dealkylation sites (tertiary alicyclic amines) is 1. The van der Waals surface area contributed by atoms with E-state index in [0.717, 1.165) is 25.8 Å². The van der Waals surface area contributed by atoms with E-state index in [1.165, 1.54) is 12.4 Å². The van der Waals surface area contributed by atoms with Gasteiger partial charge in [-0.15, -0.1) is 0 Å². The van der Waals surface area contributed by atoms with Gasteiger partial charge in [-0.05, 0) is 37.5 Å². The number of piperidine rings is 1. The molecule has 0 unspecified atom stereocenters. The summed E-state index contributed by atoms with van der Waals surface area (Å²) in [5.41, 5.74) is 0. The summed E-state index contributed by atoms with van der Waals surface area (Å²) in [4.78, 5) is 34.9. The van der Waals surface area contributed by atoms with Crippen molar-refractivity contribution in [3.05, 3.63) is 18.6 Å². The number of hydrogen-bond acceptors (Lipinski definition) is 5. The minimum atomic E-state index is -0.476. The Bertz CT molecular complexity index is 647. The van der Waals surface area contributed by atoms with Crippen molar-refractivity contribution in [3.8, 4) is 0 Å². The molecule has 2 aliphatic heterocycles. The summed E-state index contributed by atoms with van der Waals surface area (Å²) < 4.78 is 5.98. The Hall–Kier alpha value is -2.02. The monoisotopic (exact) mass is 344 g/mol. The summed E-state index contributed by atoms with van der Waals surface area (Å²) in [5, 5.41) is 2.75. The predicted molar refractivity (Wildman–Crippen MR) is 90.5 cm³/mol. The van der Waals surface area contributed by atoms with E-state index in [4.69, 9.17) is 4.74 Å². The first-order valence-corrected chi connectivity index (χ1v) is 9.11. The Morgan fingerprint density at radius 2 is 2.12 bits per heavy atom. The fraction of sp³-hybridized carbons (Fsp3) is 0.667. The van der Waals surface area contributed by atoms with Crippen LogP contribution in [0.3, 0.4) is 0 Å². The average Bonchev–Trinajstić information content (AvgIpc) is 3.02. The van der Waals surface area contributed by atoms with Crippen molar-refractivity contribution < 1.29 is 14.3 Å². The Morgan fingerprint density at radius 3 is 2.84 bits per heavy atom. The quantitative estimate of drug-likeness (QED) is 0.897. The molecule has 1 N–H and O–H groups in total. The smallest absolute Gasteiger partial charge is 0.254 e. The van der Waals surface area contributed by atoms with Gasteiger partial charge in [0.15, 0.2) is 5.82 Å². The first-order chi connectivity index (χ1) is 12.1. The third kappa shape index (κ3) is 3.38. The highest BCUT2D eigenvalue weighted by molar-refractivity contribution is 5.93. The molecule has 7 nitrogen and oxygen atoms in total. The van der Waals surface area contributed by atoms with E-state index in [-0.39, 0.29) is 23.8 Å². The highest BCUT2D eigenvalue weighted by Crippen LogP contribution is 2.38. The summed E-state index contributed by atoms with van der Waals surface area (Å²) >= 11 is 0. The molecular weight excluding hydrogens is 320 g/mol. The van der Waals surface area contributed by atoms with Gasteiger partial charge in [0.1, 0.15) is 6.10 Å². The SMILES string of the molecule is CC1CC(C(=O)N2CC[C@@H]3C[C@@H](C(=O)Nc4cnccn4)O[C@H]3C2)C1. The maximum Gasteiger partial charge on any atom is 0.254 e. The molecule has 0 aromatic carbocycles. The third-order valence-corrected chi connectivity index (χ3v) is 5.69. The number of carbonyl (C=O) groups excluding carboxylic acids is 2. The van der Waals surface area contributed by atoms with Gasteiger partial charge in [-0.3, -0.25) is 14.6 Å². The van der Waals surface area contributed by atoms with Gasteiger partial charge >= 0.3 is 0 Å². The zero-order valence-electron chi connectivity index (χ0n) is 14.4. The number of ether oxygens (including phenoxy) is 1. The molecule has 0 bridgehead atoms. The van der Waals surface area contributed by atoms with Crippen molar-refractivity contribution in [2.24, 2.45) is 17.8 Å². The number of rotatable bonds is 3. The molecule has 0 spiro atoms. The first-order valence-electron chi connectivity index (χ1n) is 9.11. The third-order valence-electron chi connectivity index (χ3n) is 5.69. The maximum absolute atomic E-state index is 12.5. The topological polar surface area (TPSA) is 84.4 Å². The molecule has 3 heterocycles. The standard InChI is InChI=1S/C18H24N4O3/c1-11-6-13(7-11)18(24)22-5-2-12-8-14(25-15(12)10-22)17(23)21-16-9-19-3-4-20-16/h3-4,9,11-15H,2,5-8,10H2,1H3,(H,20,21,23)/t11?,12-,13?,14+,15+/m1/s1. The molecule has 7 heteroatoms. The second-order valence-corrected chi connectivity index (χ2v) is 7.59. The van der Waals surface area contributed by atoms with E-state index in [0.29, 0.717) is 30.6 Å². The second-order valence-electron chi connectivity index (χ2n) is 7.59. The minimum Gasteiger partial charge on any atom is -0.363 e. The van der Waals surface area contributed by atoms with Crippen LogP contribution in [0.2, 0.25) is 0 Å². The summed E-state index contributed by atoms with van der Waals surface area (Å²) in [6, 6.07) is 0. The van der Waals surface area contributed by atoms with Crippen molar-refractivity contribution in [3.63, 3.8) is 0 Å². The number of hydrogen-bond donors (Lipinski definition) is 1. The fourth-order valence-electron chi connectivity index (χ4n) is 4.23. The van der Waals surface area contributed by atoms with Crippen molar-refractivity contribution in [2.45, 2.75) is 44.8 Å². The van der Waals surface area contributed by atoms with Crippen LogP contribution in [0.25, 0.3) is 0 Å². The first kappa shape index (κ1) is 16.4. The van der Waals surface area contributed by atoms with E-state index in [2.05, 4.69) is 22.2 Å². The van der Waals surface area contributed by atoms with E-state index in [9.17, 15) is 9.59 Å². The summed E-state index contributed by atoms with van der Waals surface area (Å²) in [6.45, 7) is 3.59. The zero-order valence-corrected chi connectivity index (χ0v) is 14.4. The lowest BCUT2D eigenvalue weighted by Gasteiger charge is -2.40. The number of nitrogens with one attached hydrogen (secondary N) is 1. The Balaban J connectivity index is 1.32. The molecule has 3 aliphatic rings. The lowest BCUT2D eigenvalue weighted by molar-refractivity contribution is -0.144. The molecule has 134 valence electrons. The van der Waals surface area contributed by atoms with Crippen LogP contribution >= 0.6 is 0 Å². The van der Waals surface area contributed by atoms with Crippen molar-refractivity contribution in [1.29, 1.82) is 0 Å². The molecule has 1 aliphatic carbocycles. The van der Waals surface area contributed by atoms with Crippen LogP contribution in [0.4, 0.5) is 5.82 Å². The zero-order chi connectivity index (χ0) is 17.4. The molecule has 25 heavy (non-hydrogen) atoms. The number of anilines is 1. The van der Waals surface area contributed by atoms with Gasteiger partial charge in [-0.2, -0.15) is 0 Å². The normalized spacial score (nSPS) is 34.1. The number of amides is 2. The van der Waals surface area contributed by atoms with E-state index < -0.39 is 6.10 Å². The molecule has 1 saturated carbocycles. The van der Waals surface area contributed by atoms with Crippen molar-refractivity contribution in [1.82, 2.24) is 14.9 Å². The highest BCUT2D eigenvalue weighted by atomic mass is 16.5. The van der Waals surface area contributed by atoms with Crippen molar-refractivity contribution in [2.75, 3.05) is 18.4 Å². The largest absolute Gasteiger partial charge is 0.363 e. The summed E-state index contributed by atoms with van der Waals surface area (Å²) in [5.74, 6) is 1.74. The lowest BCUT2D eigenvalue weighted by atomic mass is 9.75. The van der Waals surface area contributed by atoms with Gasteiger partial charge in [-0.1, -0.05) is 6.92 Å². The Kier molecular flexibility index (Phi) is 4.41. The average molecular weight is 344 g/mol. The second kappa shape index (κ2) is 6.71. The van der Waals surface area contributed by atoms with Crippen LogP contribution < -0.4 is 5.32 Å². The number of fused-ring (bicyclic) bond motifs is 1. The van der Waals surface area contributed by atoms with E-state index in [1.807, 2.05) is 4.90 Å². The molecule has 3 fully saturated rings. The number of nitrogens with zero attached hydrogens (tertiary/aromatic N) is 3. The predicted octanol–water partition coefficient (Wildman–Crippen LogP) is 1.47. The van der Waals surface area contributed by atoms with Gasteiger partial charge in [-0.25, -0.2) is 4.98 Å². The van der Waals surface area contributed by atoms with Crippen molar-refractivity contribution >= 4 is 17.6 Å². The van der Waals surface area contributed by atoms with Gasteiger partial charge in [0.25, 0.3) is 5.91 Å².